The summed E-state index contributed by atoms with van der Waals surface area (Å²) >= 11 is 13.5. The number of nitrogens with two attached hydrogens (primary N) is 1. The molecule has 1 aromatic carbocycles. The SMILES string of the molecule is Nc1ccc(Cl)c(SCc2ccnc(Cl)c2)c1. The van der Waals surface area contributed by atoms with Crippen LogP contribution in [-0.2, 0) is 5.75 Å². The minimum absolute atomic E-state index is 0.502. The molecule has 2 nitrogen and oxygen atoms in total. The second kappa shape index (κ2) is 5.63. The molecule has 0 saturated carbocycles. The van der Waals surface area contributed by atoms with Crippen molar-refractivity contribution in [1.82, 2.24) is 4.98 Å². The number of thioether (sulfide) groups is 1. The van der Waals surface area contributed by atoms with Crippen molar-refractivity contribution in [3.8, 4) is 0 Å². The molecule has 88 valence electrons. The van der Waals surface area contributed by atoms with Gasteiger partial charge < -0.3 is 5.73 Å². The van der Waals surface area contributed by atoms with Crippen molar-refractivity contribution >= 4 is 40.7 Å². The summed E-state index contributed by atoms with van der Waals surface area (Å²) in [5.41, 5.74) is 7.54. The molecule has 1 heterocycles. The predicted molar refractivity (Wildman–Crippen MR) is 74.7 cm³/mol. The lowest BCUT2D eigenvalue weighted by Crippen LogP contribution is -1.87. The largest absolute Gasteiger partial charge is 0.399 e. The molecular formula is C12H10Cl2N2S. The third kappa shape index (κ3) is 3.53. The summed E-state index contributed by atoms with van der Waals surface area (Å²) in [5.74, 6) is 0.783. The van der Waals surface area contributed by atoms with Crippen molar-refractivity contribution in [3.05, 3.63) is 52.3 Å². The lowest BCUT2D eigenvalue weighted by atomic mass is 10.3. The first kappa shape index (κ1) is 12.6. The number of aromatic nitrogens is 1. The van der Waals surface area contributed by atoms with E-state index in [0.29, 0.717) is 15.9 Å². The van der Waals surface area contributed by atoms with Crippen LogP contribution in [0.15, 0.2) is 41.4 Å². The van der Waals surface area contributed by atoms with Crippen LogP contribution in [0, 0.1) is 0 Å². The van der Waals surface area contributed by atoms with Gasteiger partial charge in [0.2, 0.25) is 0 Å². The minimum Gasteiger partial charge on any atom is -0.399 e. The van der Waals surface area contributed by atoms with Crippen LogP contribution in [0.25, 0.3) is 0 Å². The Bertz CT molecular complexity index is 532. The van der Waals surface area contributed by atoms with Gasteiger partial charge in [-0.3, -0.25) is 0 Å². The maximum Gasteiger partial charge on any atom is 0.129 e. The maximum atomic E-state index is 6.08. The van der Waals surface area contributed by atoms with Gasteiger partial charge >= 0.3 is 0 Å². The summed E-state index contributed by atoms with van der Waals surface area (Å²) in [6.07, 6.45) is 1.69. The summed E-state index contributed by atoms with van der Waals surface area (Å²) in [4.78, 5) is 4.91. The van der Waals surface area contributed by atoms with E-state index in [1.54, 1.807) is 30.1 Å². The Hall–Kier alpha value is -0.900. The number of anilines is 1. The number of halogens is 2. The van der Waals surface area contributed by atoms with Crippen molar-refractivity contribution in [2.45, 2.75) is 10.6 Å². The number of benzene rings is 1. The molecule has 0 aliphatic carbocycles. The lowest BCUT2D eigenvalue weighted by molar-refractivity contribution is 1.27. The maximum absolute atomic E-state index is 6.08. The molecule has 2 rings (SSSR count). The average Bonchev–Trinajstić information content (AvgIpc) is 2.30. The van der Waals surface area contributed by atoms with E-state index in [-0.39, 0.29) is 0 Å². The molecule has 5 heteroatoms. The summed E-state index contributed by atoms with van der Waals surface area (Å²) < 4.78 is 0. The third-order valence-electron chi connectivity index (χ3n) is 2.14. The molecule has 0 radical (unpaired) electrons. The van der Waals surface area contributed by atoms with Crippen molar-refractivity contribution in [1.29, 1.82) is 0 Å². The molecule has 0 saturated heterocycles. The Kier molecular flexibility index (Phi) is 4.15. The highest BCUT2D eigenvalue weighted by atomic mass is 35.5. The fraction of sp³-hybridized carbons (Fsp3) is 0.0833. The molecule has 2 N–H and O–H groups in total. The third-order valence-corrected chi connectivity index (χ3v) is 3.92. The summed E-state index contributed by atoms with van der Waals surface area (Å²) in [6, 6.07) is 9.23. The quantitative estimate of drug-likeness (QED) is 0.520. The smallest absolute Gasteiger partial charge is 0.129 e. The zero-order valence-corrected chi connectivity index (χ0v) is 11.2. The van der Waals surface area contributed by atoms with Gasteiger partial charge in [-0.2, -0.15) is 0 Å². The molecule has 0 amide bonds. The average molecular weight is 285 g/mol. The van der Waals surface area contributed by atoms with Crippen LogP contribution in [0.1, 0.15) is 5.56 Å². The second-order valence-electron chi connectivity index (χ2n) is 3.47. The van der Waals surface area contributed by atoms with Gasteiger partial charge in [-0.15, -0.1) is 11.8 Å². The van der Waals surface area contributed by atoms with E-state index in [1.165, 1.54) is 0 Å². The van der Waals surface area contributed by atoms with Crippen LogP contribution in [0.4, 0.5) is 5.69 Å². The first-order valence-electron chi connectivity index (χ1n) is 4.93. The number of pyridine rings is 1. The van der Waals surface area contributed by atoms with E-state index in [0.717, 1.165) is 16.2 Å². The Morgan fingerprint density at radius 2 is 2.00 bits per heavy atom. The van der Waals surface area contributed by atoms with Crippen LogP contribution in [-0.4, -0.2) is 4.98 Å². The van der Waals surface area contributed by atoms with Crippen LogP contribution >= 0.6 is 35.0 Å². The molecule has 0 atom stereocenters. The monoisotopic (exact) mass is 284 g/mol. The first-order chi connectivity index (χ1) is 8.15. The fourth-order valence-electron chi connectivity index (χ4n) is 1.32. The van der Waals surface area contributed by atoms with Crippen molar-refractivity contribution < 1.29 is 0 Å². The van der Waals surface area contributed by atoms with Gasteiger partial charge in [0.1, 0.15) is 5.15 Å². The van der Waals surface area contributed by atoms with E-state index in [1.807, 2.05) is 18.2 Å². The Labute approximate surface area is 114 Å². The molecular weight excluding hydrogens is 275 g/mol. The summed E-state index contributed by atoms with van der Waals surface area (Å²) in [7, 11) is 0. The molecule has 1 aromatic heterocycles. The van der Waals surface area contributed by atoms with Gasteiger partial charge in [-0.25, -0.2) is 4.98 Å². The van der Waals surface area contributed by atoms with Crippen LogP contribution in [0.2, 0.25) is 10.2 Å². The van der Waals surface area contributed by atoms with Gasteiger partial charge in [-0.1, -0.05) is 23.2 Å². The van der Waals surface area contributed by atoms with Crippen molar-refractivity contribution in [2.75, 3.05) is 5.73 Å². The fourth-order valence-corrected chi connectivity index (χ4v) is 2.73. The molecule has 0 aliphatic rings. The first-order valence-corrected chi connectivity index (χ1v) is 6.67. The Morgan fingerprint density at radius 1 is 1.18 bits per heavy atom. The molecule has 0 unspecified atom stereocenters. The zero-order chi connectivity index (χ0) is 12.3. The van der Waals surface area contributed by atoms with E-state index in [2.05, 4.69) is 4.98 Å². The van der Waals surface area contributed by atoms with E-state index in [9.17, 15) is 0 Å². The highest BCUT2D eigenvalue weighted by Crippen LogP contribution is 2.31. The summed E-state index contributed by atoms with van der Waals surface area (Å²) in [6.45, 7) is 0. The number of hydrogen-bond donors (Lipinski definition) is 1. The van der Waals surface area contributed by atoms with Gasteiger partial charge in [0.05, 0.1) is 5.02 Å². The second-order valence-corrected chi connectivity index (χ2v) is 5.28. The molecule has 0 spiro atoms. The zero-order valence-electron chi connectivity index (χ0n) is 8.86. The minimum atomic E-state index is 0.502. The normalized spacial score (nSPS) is 10.5. The molecule has 2 aromatic rings. The van der Waals surface area contributed by atoms with Gasteiger partial charge in [0.25, 0.3) is 0 Å². The molecule has 0 fully saturated rings. The molecule has 0 aliphatic heterocycles. The number of hydrogen-bond acceptors (Lipinski definition) is 3. The van der Waals surface area contributed by atoms with Crippen LogP contribution < -0.4 is 5.73 Å². The van der Waals surface area contributed by atoms with E-state index >= 15 is 0 Å². The van der Waals surface area contributed by atoms with E-state index < -0.39 is 0 Å². The summed E-state index contributed by atoms with van der Waals surface area (Å²) in [5, 5.41) is 1.21. The number of rotatable bonds is 3. The number of nitrogen functional groups attached to an aromatic ring is 1. The van der Waals surface area contributed by atoms with Crippen LogP contribution in [0.3, 0.4) is 0 Å². The van der Waals surface area contributed by atoms with Crippen molar-refractivity contribution in [2.24, 2.45) is 0 Å². The Balaban J connectivity index is 2.09. The highest BCUT2D eigenvalue weighted by molar-refractivity contribution is 7.98. The number of nitrogens with zero attached hydrogens (tertiary/aromatic N) is 1. The van der Waals surface area contributed by atoms with Crippen LogP contribution in [0.5, 0.6) is 0 Å². The van der Waals surface area contributed by atoms with Gasteiger partial charge in [-0.05, 0) is 35.9 Å². The molecule has 17 heavy (non-hydrogen) atoms. The predicted octanol–water partition coefficient (Wildman–Crippen LogP) is 4.26. The highest BCUT2D eigenvalue weighted by Gasteiger charge is 2.03. The standard InChI is InChI=1S/C12H10Cl2N2S/c13-10-2-1-9(15)6-11(10)17-7-8-3-4-16-12(14)5-8/h1-6H,7,15H2. The van der Waals surface area contributed by atoms with E-state index in [4.69, 9.17) is 28.9 Å². The van der Waals surface area contributed by atoms with Crippen molar-refractivity contribution in [3.63, 3.8) is 0 Å². The topological polar surface area (TPSA) is 38.9 Å². The lowest BCUT2D eigenvalue weighted by Gasteiger charge is -2.05. The van der Waals surface area contributed by atoms with Gasteiger partial charge in [0, 0.05) is 22.5 Å². The Morgan fingerprint density at radius 3 is 2.76 bits per heavy atom. The molecule has 0 bridgehead atoms. The van der Waals surface area contributed by atoms with Gasteiger partial charge in [0.15, 0.2) is 0 Å².